The summed E-state index contributed by atoms with van der Waals surface area (Å²) < 4.78 is 16.8. The van der Waals surface area contributed by atoms with Crippen molar-refractivity contribution in [1.29, 1.82) is 0 Å². The Labute approximate surface area is 426 Å². The van der Waals surface area contributed by atoms with Gasteiger partial charge in [0, 0.05) is 19.3 Å². The third-order valence-corrected chi connectivity index (χ3v) is 12.4. The second-order valence-electron chi connectivity index (χ2n) is 19.2. The highest BCUT2D eigenvalue weighted by molar-refractivity contribution is 5.71. The Hall–Kier alpha value is -3.41. The summed E-state index contributed by atoms with van der Waals surface area (Å²) in [6.45, 7) is 6.46. The largest absolute Gasteiger partial charge is 0.462 e. The normalized spacial score (nSPS) is 12.7. The van der Waals surface area contributed by atoms with E-state index in [2.05, 4.69) is 106 Å². The summed E-state index contributed by atoms with van der Waals surface area (Å²) in [6.07, 6.45) is 74.5. The molecule has 0 radical (unpaired) electrons. The highest BCUT2D eigenvalue weighted by Gasteiger charge is 2.19. The first-order valence-electron chi connectivity index (χ1n) is 29.1. The summed E-state index contributed by atoms with van der Waals surface area (Å²) in [5.74, 6) is -0.997. The lowest BCUT2D eigenvalue weighted by Crippen LogP contribution is -2.30. The molecular weight excluding hydrogens is 853 g/mol. The first-order chi connectivity index (χ1) is 34.0. The summed E-state index contributed by atoms with van der Waals surface area (Å²) >= 11 is 0. The number of ether oxygens (including phenoxy) is 3. The SMILES string of the molecule is CC/C=C\C/C=C\C/C=C\C/C=C\CCCCC(=O)OC[C@H](COC(=O)CCCCCCCCCCCCCCCCCCCCC)OC(=O)CCC/C=C\C/C=C\C/C=C\CCCCCCCC. The predicted molar refractivity (Wildman–Crippen MR) is 297 cm³/mol. The smallest absolute Gasteiger partial charge is 0.306 e. The van der Waals surface area contributed by atoms with Gasteiger partial charge in [0.05, 0.1) is 0 Å². The minimum Gasteiger partial charge on any atom is -0.462 e. The monoisotopic (exact) mass is 961 g/mol. The van der Waals surface area contributed by atoms with Crippen LogP contribution in [0, 0.1) is 0 Å². The van der Waals surface area contributed by atoms with Crippen LogP contribution in [-0.2, 0) is 28.6 Å². The molecule has 0 saturated carbocycles. The van der Waals surface area contributed by atoms with Crippen molar-refractivity contribution < 1.29 is 28.6 Å². The molecule has 0 spiro atoms. The lowest BCUT2D eigenvalue weighted by atomic mass is 10.0. The van der Waals surface area contributed by atoms with Gasteiger partial charge in [0.25, 0.3) is 0 Å². The molecule has 6 nitrogen and oxygen atoms in total. The van der Waals surface area contributed by atoms with Gasteiger partial charge in [-0.15, -0.1) is 0 Å². The highest BCUT2D eigenvalue weighted by atomic mass is 16.6. The molecule has 0 aliphatic heterocycles. The third kappa shape index (κ3) is 55.4. The van der Waals surface area contributed by atoms with Crippen LogP contribution in [0.3, 0.4) is 0 Å². The van der Waals surface area contributed by atoms with Crippen molar-refractivity contribution >= 4 is 17.9 Å². The Bertz CT molecular complexity index is 1330. The fourth-order valence-electron chi connectivity index (χ4n) is 8.04. The van der Waals surface area contributed by atoms with Crippen LogP contribution in [0.1, 0.15) is 278 Å². The van der Waals surface area contributed by atoms with Gasteiger partial charge in [-0.2, -0.15) is 0 Å². The van der Waals surface area contributed by atoms with Crippen molar-refractivity contribution in [3.63, 3.8) is 0 Å². The van der Waals surface area contributed by atoms with Crippen LogP contribution in [0.15, 0.2) is 85.1 Å². The van der Waals surface area contributed by atoms with Crippen molar-refractivity contribution in [2.24, 2.45) is 0 Å². The van der Waals surface area contributed by atoms with E-state index in [0.717, 1.165) is 83.5 Å². The molecule has 0 aromatic rings. The van der Waals surface area contributed by atoms with Gasteiger partial charge < -0.3 is 14.2 Å². The van der Waals surface area contributed by atoms with E-state index in [4.69, 9.17) is 14.2 Å². The molecule has 396 valence electrons. The molecule has 0 saturated heterocycles. The van der Waals surface area contributed by atoms with Gasteiger partial charge in [0.1, 0.15) is 13.2 Å². The van der Waals surface area contributed by atoms with Gasteiger partial charge in [-0.25, -0.2) is 0 Å². The second-order valence-corrected chi connectivity index (χ2v) is 19.2. The number of hydrogen-bond acceptors (Lipinski definition) is 6. The lowest BCUT2D eigenvalue weighted by molar-refractivity contribution is -0.167. The van der Waals surface area contributed by atoms with E-state index >= 15 is 0 Å². The molecule has 0 unspecified atom stereocenters. The zero-order valence-corrected chi connectivity index (χ0v) is 45.3. The van der Waals surface area contributed by atoms with E-state index in [1.54, 1.807) is 0 Å². The molecule has 0 rings (SSSR count). The minimum absolute atomic E-state index is 0.108. The van der Waals surface area contributed by atoms with Gasteiger partial charge in [-0.3, -0.25) is 14.4 Å². The lowest BCUT2D eigenvalue weighted by Gasteiger charge is -2.18. The minimum atomic E-state index is -0.819. The third-order valence-electron chi connectivity index (χ3n) is 12.4. The van der Waals surface area contributed by atoms with Crippen molar-refractivity contribution in [2.45, 2.75) is 284 Å². The van der Waals surface area contributed by atoms with Crippen molar-refractivity contribution in [3.05, 3.63) is 85.1 Å². The number of carbonyl (C=O) groups is 3. The molecule has 0 aromatic carbocycles. The number of rotatable bonds is 52. The Morgan fingerprint density at radius 3 is 0.957 bits per heavy atom. The van der Waals surface area contributed by atoms with Gasteiger partial charge in [-0.05, 0) is 89.9 Å². The Balaban J connectivity index is 4.47. The first-order valence-corrected chi connectivity index (χ1v) is 29.1. The van der Waals surface area contributed by atoms with E-state index in [1.807, 2.05) is 0 Å². The number of allylic oxidation sites excluding steroid dienone is 14. The maximum atomic E-state index is 12.8. The molecule has 0 aliphatic carbocycles. The molecule has 0 aromatic heterocycles. The van der Waals surface area contributed by atoms with Crippen molar-refractivity contribution in [3.8, 4) is 0 Å². The maximum Gasteiger partial charge on any atom is 0.306 e. The Morgan fingerprint density at radius 1 is 0.304 bits per heavy atom. The second kappa shape index (κ2) is 57.2. The van der Waals surface area contributed by atoms with Crippen LogP contribution in [-0.4, -0.2) is 37.2 Å². The standard InChI is InChI=1S/C63H108O6/c1-4-7-10-13-16-19-22-25-28-30-31-33-35-38-41-44-47-50-53-56-62(65)68-59-60(58-67-61(64)55-52-49-46-43-40-37-34-27-24-21-18-15-12-9-6-3)69-63(66)57-54-51-48-45-42-39-36-32-29-26-23-20-17-14-11-8-5-2/h9,12,18,21,26-27,29,34,36,39-40,43,45,48,60H,4-8,10-11,13-17,19-20,22-25,28,30-33,35,37-38,41-42,44,46-47,49-59H2,1-3H3/b12-9-,21-18-,29-26-,34-27-,39-36-,43-40-,48-45-/t60-/m1/s1. The van der Waals surface area contributed by atoms with Gasteiger partial charge in [0.15, 0.2) is 6.10 Å². The predicted octanol–water partition coefficient (Wildman–Crippen LogP) is 19.5. The van der Waals surface area contributed by atoms with Crippen molar-refractivity contribution in [2.75, 3.05) is 13.2 Å². The van der Waals surface area contributed by atoms with Crippen LogP contribution in [0.2, 0.25) is 0 Å². The van der Waals surface area contributed by atoms with Crippen LogP contribution in [0.25, 0.3) is 0 Å². The molecule has 0 N–H and O–H groups in total. The maximum absolute atomic E-state index is 12.8. The Kier molecular flexibility index (Phi) is 54.3. The van der Waals surface area contributed by atoms with Crippen molar-refractivity contribution in [1.82, 2.24) is 0 Å². The number of carbonyl (C=O) groups excluding carboxylic acids is 3. The molecule has 0 heterocycles. The van der Waals surface area contributed by atoms with E-state index in [-0.39, 0.29) is 37.5 Å². The number of unbranched alkanes of at least 4 members (excludes halogenated alkanes) is 27. The zero-order chi connectivity index (χ0) is 50.0. The van der Waals surface area contributed by atoms with Gasteiger partial charge >= 0.3 is 17.9 Å². The average Bonchev–Trinajstić information content (AvgIpc) is 3.35. The highest BCUT2D eigenvalue weighted by Crippen LogP contribution is 2.16. The number of esters is 3. The number of hydrogen-bond donors (Lipinski definition) is 0. The summed E-state index contributed by atoms with van der Waals surface area (Å²) in [5.41, 5.74) is 0. The average molecular weight is 962 g/mol. The molecule has 69 heavy (non-hydrogen) atoms. The fourth-order valence-corrected chi connectivity index (χ4v) is 8.04. The zero-order valence-electron chi connectivity index (χ0n) is 45.3. The first kappa shape index (κ1) is 65.6. The van der Waals surface area contributed by atoms with Gasteiger partial charge in [0.2, 0.25) is 0 Å². The van der Waals surface area contributed by atoms with E-state index in [0.29, 0.717) is 19.3 Å². The quantitative estimate of drug-likeness (QED) is 0.0262. The van der Waals surface area contributed by atoms with E-state index < -0.39 is 6.10 Å². The Morgan fingerprint density at radius 2 is 0.580 bits per heavy atom. The topological polar surface area (TPSA) is 78.9 Å². The summed E-state index contributed by atoms with van der Waals surface area (Å²) in [7, 11) is 0. The van der Waals surface area contributed by atoms with Crippen LogP contribution in [0.4, 0.5) is 0 Å². The van der Waals surface area contributed by atoms with Crippen LogP contribution in [0.5, 0.6) is 0 Å². The molecule has 0 bridgehead atoms. The molecule has 0 amide bonds. The van der Waals surface area contributed by atoms with Crippen LogP contribution < -0.4 is 0 Å². The van der Waals surface area contributed by atoms with Gasteiger partial charge in [-0.1, -0.05) is 254 Å². The molecule has 1 atom stereocenters. The molecule has 0 fully saturated rings. The van der Waals surface area contributed by atoms with E-state index in [1.165, 1.54) is 148 Å². The van der Waals surface area contributed by atoms with E-state index in [9.17, 15) is 14.4 Å². The fraction of sp³-hybridized carbons (Fsp3) is 0.730. The summed E-state index contributed by atoms with van der Waals surface area (Å²) in [6, 6.07) is 0. The molecular formula is C63H108O6. The molecule has 0 aliphatic rings. The summed E-state index contributed by atoms with van der Waals surface area (Å²) in [5, 5.41) is 0. The molecule has 6 heteroatoms. The van der Waals surface area contributed by atoms with Crippen LogP contribution >= 0.6 is 0 Å². The summed E-state index contributed by atoms with van der Waals surface area (Å²) in [4.78, 5) is 38.1.